The zero-order chi connectivity index (χ0) is 58.8. The topological polar surface area (TPSA) is 147 Å². The van der Waals surface area contributed by atoms with E-state index in [1.807, 2.05) is 42.5 Å². The summed E-state index contributed by atoms with van der Waals surface area (Å²) in [6.07, 6.45) is 26.6. The van der Waals surface area contributed by atoms with Crippen molar-refractivity contribution in [1.82, 2.24) is 4.90 Å². The van der Waals surface area contributed by atoms with Crippen LogP contribution >= 0.6 is 22.7 Å². The molecule has 16 heteroatoms. The van der Waals surface area contributed by atoms with E-state index in [4.69, 9.17) is 24.2 Å². The predicted molar refractivity (Wildman–Crippen MR) is 346 cm³/mol. The van der Waals surface area contributed by atoms with E-state index in [-0.39, 0.29) is 31.4 Å². The molecule has 1 unspecified atom stereocenters. The number of ether oxygens (including phenoxy) is 3. The maximum Gasteiger partial charge on any atom is 0.310 e. The number of para-hydroxylation sites is 2. The number of carbonyl (C=O) groups is 3. The van der Waals surface area contributed by atoms with Crippen molar-refractivity contribution < 1.29 is 38.0 Å². The standard InChI is InChI=1S/C68H95N8O6S2/c1-5-6-7-8-9-10-11-12-13-14-15-16-17-18-19-20-21-22-26-33-62(77)82-51-74(3)39-38-69-65-56-49-55(84-67(56)72-59-32-28-27-31-58(59)70-65)47-54-34-35-60-61(48-54)71-66(57-46-52(2)83-68(57)73-60)75-40-42-76(4,43-41-75)44-45-80-63(78)36-37-64(79)81-50-53-29-24-23-25-30-53/h23-25,27-32,34-35,46,48-49,72-73H,5-22,26,33,36-45,47,50-51H2,1-4H3,(H,69,70)/q+1/p+1. The van der Waals surface area contributed by atoms with Gasteiger partial charge in [0.2, 0.25) is 6.73 Å². The third-order valence-corrected chi connectivity index (χ3v) is 18.6. The second kappa shape index (κ2) is 34.2. The van der Waals surface area contributed by atoms with Crippen molar-refractivity contribution in [3.05, 3.63) is 117 Å². The maximum atomic E-state index is 12.7. The lowest BCUT2D eigenvalue weighted by Crippen LogP contribution is -3.09. The molecule has 0 amide bonds. The van der Waals surface area contributed by atoms with Gasteiger partial charge in [0.05, 0.1) is 100 Å². The lowest BCUT2D eigenvalue weighted by Gasteiger charge is -2.42. The van der Waals surface area contributed by atoms with Gasteiger partial charge in [-0.05, 0) is 60.9 Å². The highest BCUT2D eigenvalue weighted by atomic mass is 32.1. The number of fused-ring (bicyclic) bond motifs is 4. The van der Waals surface area contributed by atoms with Crippen LogP contribution in [0.5, 0.6) is 0 Å². The molecule has 14 nitrogen and oxygen atoms in total. The summed E-state index contributed by atoms with van der Waals surface area (Å²) in [5, 5.41) is 13.2. The number of anilines is 5. The summed E-state index contributed by atoms with van der Waals surface area (Å²) in [7, 11) is 4.28. The molecule has 1 atom stereocenters. The summed E-state index contributed by atoms with van der Waals surface area (Å²) in [5.41, 5.74) is 8.11. The van der Waals surface area contributed by atoms with Gasteiger partial charge in [-0.15, -0.1) is 22.7 Å². The number of carbonyl (C=O) groups excluding carboxylic acids is 3. The van der Waals surface area contributed by atoms with E-state index in [0.29, 0.717) is 32.8 Å². The van der Waals surface area contributed by atoms with E-state index in [2.05, 4.69) is 91.3 Å². The number of nitrogens with zero attached hydrogens (tertiary/aromatic N) is 4. The molecule has 3 aliphatic rings. The van der Waals surface area contributed by atoms with Crippen LogP contribution in [0.3, 0.4) is 0 Å². The number of aliphatic imine (C=N–C) groups is 2. The molecule has 0 aliphatic carbocycles. The van der Waals surface area contributed by atoms with Gasteiger partial charge in [0.15, 0.2) is 0 Å². The Hall–Kier alpha value is -6.07. The fraction of sp³-hybridized carbons (Fsp3) is 0.544. The Morgan fingerprint density at radius 2 is 1.21 bits per heavy atom. The summed E-state index contributed by atoms with van der Waals surface area (Å²) >= 11 is 3.50. The number of thiophene rings is 2. The lowest BCUT2D eigenvalue weighted by molar-refractivity contribution is -0.913. The smallest absolute Gasteiger partial charge is 0.310 e. The van der Waals surface area contributed by atoms with Gasteiger partial charge >= 0.3 is 17.9 Å². The average molecular weight is 1190 g/mol. The summed E-state index contributed by atoms with van der Waals surface area (Å²) < 4.78 is 17.4. The van der Waals surface area contributed by atoms with Crippen LogP contribution in [0.2, 0.25) is 0 Å². The third-order valence-electron chi connectivity index (χ3n) is 16.5. The molecule has 4 N–H and O–H groups in total. The number of rotatable bonds is 35. The number of likely N-dealkylation sites (N-methyl/N-ethyl adjacent to an activating group) is 2. The number of unbranched alkanes of at least 4 members (excludes halogenated alkanes) is 18. The van der Waals surface area contributed by atoms with Gasteiger partial charge in [-0.1, -0.05) is 171 Å². The number of benzene rings is 3. The zero-order valence-corrected chi connectivity index (χ0v) is 52.6. The zero-order valence-electron chi connectivity index (χ0n) is 51.0. The van der Waals surface area contributed by atoms with Crippen LogP contribution < -0.4 is 20.9 Å². The molecule has 0 spiro atoms. The number of hydrogen-bond acceptors (Lipinski definition) is 13. The second-order valence-corrected chi connectivity index (χ2v) is 26.2. The Morgan fingerprint density at radius 1 is 0.631 bits per heavy atom. The van der Waals surface area contributed by atoms with Crippen LogP contribution in [0.4, 0.5) is 32.8 Å². The summed E-state index contributed by atoms with van der Waals surface area (Å²) in [6, 6.07) is 28.9. The summed E-state index contributed by atoms with van der Waals surface area (Å²) in [5.74, 6) is 0.909. The molecule has 3 aliphatic heterocycles. The van der Waals surface area contributed by atoms with Gasteiger partial charge in [-0.3, -0.25) is 19.4 Å². The Morgan fingerprint density at radius 3 is 1.88 bits per heavy atom. The van der Waals surface area contributed by atoms with E-state index in [9.17, 15) is 14.4 Å². The van der Waals surface area contributed by atoms with Crippen LogP contribution in [0.15, 0.2) is 94.9 Å². The van der Waals surface area contributed by atoms with Crippen LogP contribution in [-0.2, 0) is 41.6 Å². The van der Waals surface area contributed by atoms with Gasteiger partial charge in [0.1, 0.15) is 41.4 Å². The maximum absolute atomic E-state index is 12.7. The number of esters is 3. The Kier molecular flexibility index (Phi) is 26.0. The molecule has 84 heavy (non-hydrogen) atoms. The normalized spacial score (nSPS) is 15.0. The molecule has 5 aromatic rings. The first-order valence-electron chi connectivity index (χ1n) is 31.8. The molecule has 2 aromatic heterocycles. The Bertz CT molecular complexity index is 2910. The quantitative estimate of drug-likeness (QED) is 0.0102. The SMILES string of the molecule is CCCCCCCCCCCCCCCCCCCCCC(=O)OC[NH+](C)CCN=C1Nc2ccccc2Nc2sc(Cc3ccc4c(c3)N=C(N3CC[N+](C)(CCOC(=O)CCC(=O)OCc5ccccc5)CC3)c3cc(C)sc3N4)cc21. The van der Waals surface area contributed by atoms with E-state index in [1.165, 1.54) is 124 Å². The second-order valence-electron chi connectivity index (χ2n) is 23.8. The molecule has 1 fully saturated rings. The van der Waals surface area contributed by atoms with Crippen molar-refractivity contribution in [2.75, 3.05) is 89.2 Å². The number of piperazine rings is 1. The molecule has 0 saturated carbocycles. The highest BCUT2D eigenvalue weighted by molar-refractivity contribution is 7.17. The average Bonchev–Trinajstić information content (AvgIpc) is 4.17. The highest BCUT2D eigenvalue weighted by Crippen LogP contribution is 2.42. The van der Waals surface area contributed by atoms with Crippen LogP contribution in [0.1, 0.15) is 180 Å². The molecule has 0 bridgehead atoms. The van der Waals surface area contributed by atoms with Crippen molar-refractivity contribution in [3.8, 4) is 0 Å². The van der Waals surface area contributed by atoms with Gasteiger partial charge in [0, 0.05) is 22.6 Å². The molecule has 454 valence electrons. The van der Waals surface area contributed by atoms with Crippen LogP contribution in [-0.4, -0.2) is 112 Å². The first-order valence-corrected chi connectivity index (χ1v) is 33.4. The molecule has 3 aromatic carbocycles. The number of nitrogens with one attached hydrogen (secondary N) is 4. The van der Waals surface area contributed by atoms with Crippen molar-refractivity contribution in [2.45, 2.75) is 168 Å². The first kappa shape index (κ1) is 63.9. The van der Waals surface area contributed by atoms with Crippen molar-refractivity contribution >= 4 is 85.0 Å². The van der Waals surface area contributed by atoms with Crippen molar-refractivity contribution in [2.24, 2.45) is 9.98 Å². The first-order chi connectivity index (χ1) is 41.0. The highest BCUT2D eigenvalue weighted by Gasteiger charge is 2.33. The molecular formula is C68H96N8O6S2+2. The van der Waals surface area contributed by atoms with E-state index in [0.717, 1.165) is 122 Å². The van der Waals surface area contributed by atoms with Gasteiger partial charge in [-0.25, -0.2) is 4.99 Å². The Labute approximate surface area is 509 Å². The molecule has 8 rings (SSSR count). The lowest BCUT2D eigenvalue weighted by atomic mass is 10.0. The molecule has 5 heterocycles. The summed E-state index contributed by atoms with van der Waals surface area (Å²) in [6.45, 7) is 10.6. The third kappa shape index (κ3) is 20.9. The number of hydrogen-bond donors (Lipinski definition) is 4. The largest absolute Gasteiger partial charge is 0.461 e. The van der Waals surface area contributed by atoms with Gasteiger partial charge < -0.3 is 44.4 Å². The van der Waals surface area contributed by atoms with Crippen LogP contribution in [0.25, 0.3) is 0 Å². The fourth-order valence-electron chi connectivity index (χ4n) is 11.2. The minimum atomic E-state index is -0.409. The Balaban J connectivity index is 0.768. The van der Waals surface area contributed by atoms with Crippen molar-refractivity contribution in [3.63, 3.8) is 0 Å². The number of aryl methyl sites for hydroxylation is 1. The summed E-state index contributed by atoms with van der Waals surface area (Å²) in [4.78, 5) is 54.1. The fourth-order valence-corrected chi connectivity index (χ4v) is 13.3. The molecule has 1 saturated heterocycles. The molecule has 0 radical (unpaired) electrons. The van der Waals surface area contributed by atoms with Crippen molar-refractivity contribution in [1.29, 1.82) is 0 Å². The van der Waals surface area contributed by atoms with E-state index >= 15 is 0 Å². The van der Waals surface area contributed by atoms with E-state index in [1.54, 1.807) is 22.7 Å². The minimum absolute atomic E-state index is 0.000911. The van der Waals surface area contributed by atoms with Gasteiger partial charge in [0.25, 0.3) is 0 Å². The molecular weight excluding hydrogens is 1090 g/mol. The van der Waals surface area contributed by atoms with Crippen LogP contribution in [0, 0.1) is 6.92 Å². The number of quaternary nitrogens is 2. The van der Waals surface area contributed by atoms with E-state index < -0.39 is 5.97 Å². The monoisotopic (exact) mass is 1180 g/mol. The minimum Gasteiger partial charge on any atom is -0.461 e. The van der Waals surface area contributed by atoms with Gasteiger partial charge in [-0.2, -0.15) is 0 Å². The predicted octanol–water partition coefficient (Wildman–Crippen LogP) is 14.4. The number of amidine groups is 2.